The fourth-order valence-corrected chi connectivity index (χ4v) is 5.77. The van der Waals surface area contributed by atoms with E-state index in [4.69, 9.17) is 23.2 Å². The predicted molar refractivity (Wildman–Crippen MR) is 128 cm³/mol. The first-order chi connectivity index (χ1) is 14.6. The van der Waals surface area contributed by atoms with Crippen molar-refractivity contribution >= 4 is 46.9 Å². The largest absolute Gasteiger partial charge is 0.322 e. The average Bonchev–Trinajstić information content (AvgIpc) is 3.04. The Balaban J connectivity index is 1.53. The van der Waals surface area contributed by atoms with E-state index in [-0.39, 0.29) is 11.3 Å². The smallest absolute Gasteiger partial charge is 0.261 e. The molecule has 2 fully saturated rings. The third-order valence-electron chi connectivity index (χ3n) is 5.60. The number of carbonyl (C=O) groups excluding carboxylic acids is 1. The molecule has 0 radical (unpaired) electrons. The molecule has 2 heterocycles. The Kier molecular flexibility index (Phi) is 7.42. The topological polar surface area (TPSA) is 23.6 Å². The van der Waals surface area contributed by atoms with Gasteiger partial charge in [-0.3, -0.25) is 4.79 Å². The molecule has 0 aromatic heterocycles. The van der Waals surface area contributed by atoms with Gasteiger partial charge in [0.15, 0.2) is 0 Å². The van der Waals surface area contributed by atoms with Crippen molar-refractivity contribution in [3.8, 4) is 0 Å². The molecule has 1 unspecified atom stereocenters. The van der Waals surface area contributed by atoms with Crippen LogP contribution in [-0.2, 0) is 4.79 Å². The highest BCUT2D eigenvalue weighted by Gasteiger charge is 2.36. The maximum absolute atomic E-state index is 13.3. The molecule has 2 saturated heterocycles. The number of hydrogen-bond acceptors (Lipinski definition) is 3. The molecule has 2 aromatic carbocycles. The molecule has 6 heteroatoms. The van der Waals surface area contributed by atoms with E-state index in [1.54, 1.807) is 11.8 Å². The van der Waals surface area contributed by atoms with E-state index in [0.29, 0.717) is 10.0 Å². The monoisotopic (exact) mass is 460 g/mol. The molecule has 1 amide bonds. The summed E-state index contributed by atoms with van der Waals surface area (Å²) in [6.07, 6.45) is 6.84. The van der Waals surface area contributed by atoms with Gasteiger partial charge < -0.3 is 9.80 Å². The van der Waals surface area contributed by atoms with Gasteiger partial charge in [-0.1, -0.05) is 65.7 Å². The number of amides is 1. The number of carbonyl (C=O) groups is 1. The van der Waals surface area contributed by atoms with Crippen molar-refractivity contribution in [1.82, 2.24) is 9.80 Å². The molecule has 158 valence electrons. The lowest BCUT2D eigenvalue weighted by Gasteiger charge is -2.28. The number of benzene rings is 2. The Morgan fingerprint density at radius 1 is 0.967 bits per heavy atom. The number of likely N-dealkylation sites (tertiary alicyclic amines) is 1. The zero-order valence-electron chi connectivity index (χ0n) is 16.9. The van der Waals surface area contributed by atoms with Gasteiger partial charge in [0.1, 0.15) is 5.37 Å². The van der Waals surface area contributed by atoms with E-state index >= 15 is 0 Å². The molecule has 2 aromatic rings. The van der Waals surface area contributed by atoms with E-state index in [0.717, 1.165) is 35.5 Å². The Labute approximate surface area is 193 Å². The van der Waals surface area contributed by atoms with Gasteiger partial charge in [-0.25, -0.2) is 0 Å². The number of thioether (sulfide) groups is 1. The molecular weight excluding hydrogens is 435 g/mol. The van der Waals surface area contributed by atoms with Crippen molar-refractivity contribution in [2.45, 2.75) is 31.1 Å². The highest BCUT2D eigenvalue weighted by atomic mass is 35.5. The lowest BCUT2D eigenvalue weighted by molar-refractivity contribution is -0.126. The molecule has 0 saturated carbocycles. The molecule has 0 N–H and O–H groups in total. The molecule has 3 nitrogen and oxygen atoms in total. The van der Waals surface area contributed by atoms with Crippen molar-refractivity contribution in [3.05, 3.63) is 74.6 Å². The van der Waals surface area contributed by atoms with Gasteiger partial charge in [0.05, 0.1) is 4.91 Å². The summed E-state index contributed by atoms with van der Waals surface area (Å²) in [4.78, 5) is 18.6. The molecule has 4 rings (SSSR count). The summed E-state index contributed by atoms with van der Waals surface area (Å²) in [5.74, 6) is 0.0867. The normalized spacial score (nSPS) is 21.5. The van der Waals surface area contributed by atoms with Crippen LogP contribution in [0, 0.1) is 0 Å². The second-order valence-electron chi connectivity index (χ2n) is 7.84. The Hall–Kier alpha value is -1.46. The van der Waals surface area contributed by atoms with Gasteiger partial charge >= 0.3 is 0 Å². The van der Waals surface area contributed by atoms with Gasteiger partial charge in [-0.15, -0.1) is 0 Å². The van der Waals surface area contributed by atoms with Crippen LogP contribution >= 0.6 is 35.0 Å². The second-order valence-corrected chi connectivity index (χ2v) is 9.84. The number of piperidine rings is 1. The number of rotatable bonds is 6. The molecule has 2 aliphatic rings. The average molecular weight is 461 g/mol. The quantitative estimate of drug-likeness (QED) is 0.460. The maximum Gasteiger partial charge on any atom is 0.261 e. The fraction of sp³-hybridized carbons (Fsp3) is 0.375. The molecule has 0 aliphatic carbocycles. The van der Waals surface area contributed by atoms with Crippen molar-refractivity contribution in [1.29, 1.82) is 0 Å². The lowest BCUT2D eigenvalue weighted by Crippen LogP contribution is -2.34. The number of nitrogens with zero attached hydrogens (tertiary/aromatic N) is 2. The summed E-state index contributed by atoms with van der Waals surface area (Å²) in [7, 11) is 0. The molecule has 30 heavy (non-hydrogen) atoms. The molecule has 0 spiro atoms. The van der Waals surface area contributed by atoms with Crippen LogP contribution in [0.15, 0.2) is 53.4 Å². The van der Waals surface area contributed by atoms with Crippen LogP contribution in [0.1, 0.15) is 42.2 Å². The molecule has 2 aliphatic heterocycles. The zero-order valence-corrected chi connectivity index (χ0v) is 19.2. The van der Waals surface area contributed by atoms with Crippen molar-refractivity contribution < 1.29 is 4.79 Å². The third-order valence-corrected chi connectivity index (χ3v) is 7.36. The number of hydrogen-bond donors (Lipinski definition) is 0. The Bertz CT molecular complexity index is 927. The summed E-state index contributed by atoms with van der Waals surface area (Å²) in [6.45, 7) is 4.15. The first-order valence-electron chi connectivity index (χ1n) is 10.5. The minimum Gasteiger partial charge on any atom is -0.322 e. The standard InChI is InChI=1S/C24H26Cl2N2OS/c25-20-9-4-7-18(15-20)16-22-23(29)28(14-6-13-27-11-2-1-3-12-27)24(30-22)19-8-5-10-21(26)17-19/h4-5,7-10,15-17,24H,1-3,6,11-14H2. The van der Waals surface area contributed by atoms with Gasteiger partial charge in [0, 0.05) is 16.6 Å². The zero-order chi connectivity index (χ0) is 20.9. The van der Waals surface area contributed by atoms with Crippen LogP contribution < -0.4 is 0 Å². The Morgan fingerprint density at radius 3 is 2.43 bits per heavy atom. The van der Waals surface area contributed by atoms with Gasteiger partial charge in [0.25, 0.3) is 5.91 Å². The van der Waals surface area contributed by atoms with E-state index in [2.05, 4.69) is 11.0 Å². The molecular formula is C24H26Cl2N2OS. The van der Waals surface area contributed by atoms with Crippen molar-refractivity contribution in [3.63, 3.8) is 0 Å². The highest BCUT2D eigenvalue weighted by molar-refractivity contribution is 8.04. The SMILES string of the molecule is O=C1C(=Cc2cccc(Cl)c2)SC(c2cccc(Cl)c2)N1CCCN1CCCCC1. The minimum atomic E-state index is -0.0528. The lowest BCUT2D eigenvalue weighted by atomic mass is 10.1. The summed E-state index contributed by atoms with van der Waals surface area (Å²) in [5, 5.41) is 1.31. The van der Waals surface area contributed by atoms with Crippen LogP contribution in [0.5, 0.6) is 0 Å². The Morgan fingerprint density at radius 2 is 1.70 bits per heavy atom. The van der Waals surface area contributed by atoms with E-state index in [1.807, 2.05) is 53.4 Å². The first-order valence-corrected chi connectivity index (χ1v) is 12.2. The first kappa shape index (κ1) is 21.8. The van der Waals surface area contributed by atoms with Crippen molar-refractivity contribution in [2.24, 2.45) is 0 Å². The van der Waals surface area contributed by atoms with Crippen LogP contribution in [0.4, 0.5) is 0 Å². The van der Waals surface area contributed by atoms with Gasteiger partial charge in [-0.05, 0) is 80.4 Å². The summed E-state index contributed by atoms with van der Waals surface area (Å²) in [6, 6.07) is 15.4. The van der Waals surface area contributed by atoms with Gasteiger partial charge in [-0.2, -0.15) is 0 Å². The summed E-state index contributed by atoms with van der Waals surface area (Å²) >= 11 is 14.0. The molecule has 1 atom stereocenters. The van der Waals surface area contributed by atoms with Gasteiger partial charge in [0.2, 0.25) is 0 Å². The van der Waals surface area contributed by atoms with Crippen molar-refractivity contribution in [2.75, 3.05) is 26.2 Å². The maximum atomic E-state index is 13.3. The predicted octanol–water partition coefficient (Wildman–Crippen LogP) is 6.48. The number of halogens is 2. The highest BCUT2D eigenvalue weighted by Crippen LogP contribution is 2.46. The second kappa shape index (κ2) is 10.2. The minimum absolute atomic E-state index is 0.0528. The third kappa shape index (κ3) is 5.42. The van der Waals surface area contributed by atoms with E-state index in [1.165, 1.54) is 32.4 Å². The fourth-order valence-electron chi connectivity index (χ4n) is 4.10. The molecule has 0 bridgehead atoms. The van der Waals surface area contributed by atoms with Crippen LogP contribution in [0.25, 0.3) is 6.08 Å². The van der Waals surface area contributed by atoms with Crippen LogP contribution in [0.3, 0.4) is 0 Å². The summed E-state index contributed by atoms with van der Waals surface area (Å²) in [5.41, 5.74) is 2.01. The summed E-state index contributed by atoms with van der Waals surface area (Å²) < 4.78 is 0. The van der Waals surface area contributed by atoms with E-state index in [9.17, 15) is 4.79 Å². The van der Waals surface area contributed by atoms with Crippen LogP contribution in [-0.4, -0.2) is 41.9 Å². The van der Waals surface area contributed by atoms with E-state index < -0.39 is 0 Å². The van der Waals surface area contributed by atoms with Crippen LogP contribution in [0.2, 0.25) is 10.0 Å².